The zero-order valence-corrected chi connectivity index (χ0v) is 16.4. The van der Waals surface area contributed by atoms with Gasteiger partial charge in [-0.3, -0.25) is 0 Å². The average Bonchev–Trinajstić information content (AvgIpc) is 2.98. The van der Waals surface area contributed by atoms with Gasteiger partial charge in [0.25, 0.3) is 0 Å². The zero-order chi connectivity index (χ0) is 22.2. The summed E-state index contributed by atoms with van der Waals surface area (Å²) in [7, 11) is 0. The van der Waals surface area contributed by atoms with Crippen LogP contribution < -0.4 is 4.74 Å². The highest BCUT2D eigenvalue weighted by atomic mass is 19.4. The molecule has 5 nitrogen and oxygen atoms in total. The lowest BCUT2D eigenvalue weighted by Gasteiger charge is -2.43. The van der Waals surface area contributed by atoms with Crippen LogP contribution in [0.15, 0.2) is 48.5 Å². The number of fused-ring (bicyclic) bond motifs is 2. The molecule has 2 saturated heterocycles. The number of nitrogens with zero attached hydrogens (tertiary/aromatic N) is 1. The lowest BCUT2D eigenvalue weighted by molar-refractivity contribution is -0.274. The van der Waals surface area contributed by atoms with Gasteiger partial charge >= 0.3 is 12.5 Å². The number of amides is 1. The SMILES string of the molecule is O=C(OCc1ccccc1)N1C2CCC1CC(O)(c1ccc(OC(F)(F)F)cc1F)C2. The number of hydrogen-bond acceptors (Lipinski definition) is 4. The number of carbonyl (C=O) groups excluding carboxylic acids is 1. The predicted molar refractivity (Wildman–Crippen MR) is 101 cm³/mol. The molecular weight excluding hydrogens is 418 g/mol. The van der Waals surface area contributed by atoms with E-state index in [0.29, 0.717) is 18.9 Å². The molecule has 31 heavy (non-hydrogen) atoms. The second-order valence-electron chi connectivity index (χ2n) is 7.96. The van der Waals surface area contributed by atoms with Crippen molar-refractivity contribution >= 4 is 6.09 Å². The zero-order valence-electron chi connectivity index (χ0n) is 16.4. The standard InChI is InChI=1S/C22H21F4NO4/c23-19-10-17(31-22(24,25)26)8-9-18(19)21(29)11-15-6-7-16(12-21)27(15)20(28)30-13-14-4-2-1-3-5-14/h1-5,8-10,15-16,29H,6-7,11-13H2. The first kappa shape index (κ1) is 21.4. The quantitative estimate of drug-likeness (QED) is 0.691. The van der Waals surface area contributed by atoms with Gasteiger partial charge in [0, 0.05) is 36.6 Å². The lowest BCUT2D eigenvalue weighted by Crippen LogP contribution is -2.52. The molecule has 0 spiro atoms. The molecule has 0 saturated carbocycles. The van der Waals surface area contributed by atoms with Crippen LogP contribution in [0.25, 0.3) is 0 Å². The van der Waals surface area contributed by atoms with E-state index in [9.17, 15) is 27.5 Å². The smallest absolute Gasteiger partial charge is 0.445 e. The minimum Gasteiger partial charge on any atom is -0.445 e. The fourth-order valence-electron chi connectivity index (χ4n) is 4.61. The highest BCUT2D eigenvalue weighted by Gasteiger charge is 2.51. The van der Waals surface area contributed by atoms with E-state index in [1.807, 2.05) is 30.3 Å². The van der Waals surface area contributed by atoms with Crippen LogP contribution in [0.1, 0.15) is 36.8 Å². The second kappa shape index (κ2) is 8.03. The van der Waals surface area contributed by atoms with Crippen LogP contribution in [0.3, 0.4) is 0 Å². The summed E-state index contributed by atoms with van der Waals surface area (Å²) in [5.41, 5.74) is -0.848. The fraction of sp³-hybridized carbons (Fsp3) is 0.409. The van der Waals surface area contributed by atoms with E-state index < -0.39 is 29.6 Å². The molecule has 2 fully saturated rings. The largest absolute Gasteiger partial charge is 0.573 e. The molecule has 2 aliphatic heterocycles. The van der Waals surface area contributed by atoms with E-state index >= 15 is 0 Å². The Hall–Kier alpha value is -2.81. The van der Waals surface area contributed by atoms with E-state index in [4.69, 9.17) is 4.74 Å². The van der Waals surface area contributed by atoms with Crippen LogP contribution in [0.2, 0.25) is 0 Å². The summed E-state index contributed by atoms with van der Waals surface area (Å²) in [6, 6.07) is 11.2. The minimum absolute atomic E-state index is 0.0698. The Bertz CT molecular complexity index is 936. The summed E-state index contributed by atoms with van der Waals surface area (Å²) in [4.78, 5) is 14.2. The first-order valence-electron chi connectivity index (χ1n) is 9.92. The summed E-state index contributed by atoms with van der Waals surface area (Å²) >= 11 is 0. The third kappa shape index (κ3) is 4.61. The number of carbonyl (C=O) groups is 1. The lowest BCUT2D eigenvalue weighted by atomic mass is 9.80. The average molecular weight is 439 g/mol. The molecule has 2 bridgehead atoms. The van der Waals surface area contributed by atoms with Gasteiger partial charge in [-0.05, 0) is 30.5 Å². The molecule has 4 rings (SSSR count). The van der Waals surface area contributed by atoms with Crippen molar-refractivity contribution in [1.29, 1.82) is 0 Å². The Kier molecular flexibility index (Phi) is 5.55. The number of ether oxygens (including phenoxy) is 2. The van der Waals surface area contributed by atoms with Gasteiger partial charge < -0.3 is 19.5 Å². The van der Waals surface area contributed by atoms with Gasteiger partial charge in [0.2, 0.25) is 0 Å². The maximum atomic E-state index is 14.6. The van der Waals surface area contributed by atoms with Crippen LogP contribution in [-0.4, -0.2) is 34.5 Å². The number of rotatable bonds is 4. The first-order valence-corrected chi connectivity index (χ1v) is 9.92. The molecule has 1 amide bonds. The van der Waals surface area contributed by atoms with Gasteiger partial charge in [0.15, 0.2) is 0 Å². The van der Waals surface area contributed by atoms with Crippen molar-refractivity contribution in [3.63, 3.8) is 0 Å². The van der Waals surface area contributed by atoms with Crippen molar-refractivity contribution < 1.29 is 36.9 Å². The number of piperidine rings is 1. The van der Waals surface area contributed by atoms with Crippen molar-refractivity contribution in [2.45, 2.75) is 56.3 Å². The van der Waals surface area contributed by atoms with E-state index in [1.165, 1.54) is 0 Å². The third-order valence-electron chi connectivity index (χ3n) is 5.86. The van der Waals surface area contributed by atoms with Crippen LogP contribution in [0.4, 0.5) is 22.4 Å². The molecule has 2 atom stereocenters. The van der Waals surface area contributed by atoms with Gasteiger partial charge in [0.05, 0.1) is 5.60 Å². The maximum absolute atomic E-state index is 14.6. The number of benzene rings is 2. The molecule has 2 aromatic carbocycles. The normalized spacial score (nSPS) is 25.4. The Labute approximate surface area is 176 Å². The monoisotopic (exact) mass is 439 g/mol. The van der Waals surface area contributed by atoms with Gasteiger partial charge in [-0.25, -0.2) is 9.18 Å². The van der Waals surface area contributed by atoms with E-state index in [0.717, 1.165) is 17.7 Å². The van der Waals surface area contributed by atoms with Gasteiger partial charge in [0.1, 0.15) is 18.2 Å². The third-order valence-corrected chi connectivity index (χ3v) is 5.86. The first-order chi connectivity index (χ1) is 14.6. The molecule has 166 valence electrons. The van der Waals surface area contributed by atoms with Crippen LogP contribution in [-0.2, 0) is 16.9 Å². The molecule has 2 aliphatic rings. The van der Waals surface area contributed by atoms with Crippen molar-refractivity contribution in [3.8, 4) is 5.75 Å². The van der Waals surface area contributed by atoms with E-state index in [1.54, 1.807) is 4.90 Å². The topological polar surface area (TPSA) is 59.0 Å². The number of halogens is 4. The Morgan fingerprint density at radius 3 is 2.32 bits per heavy atom. The Morgan fingerprint density at radius 2 is 1.74 bits per heavy atom. The van der Waals surface area contributed by atoms with Crippen molar-refractivity contribution in [3.05, 3.63) is 65.5 Å². The predicted octanol–water partition coefficient (Wildman–Crippen LogP) is 4.88. The fourth-order valence-corrected chi connectivity index (χ4v) is 4.61. The number of alkyl halides is 3. The van der Waals surface area contributed by atoms with Gasteiger partial charge in [-0.2, -0.15) is 0 Å². The highest BCUT2D eigenvalue weighted by molar-refractivity contribution is 5.69. The summed E-state index contributed by atoms with van der Waals surface area (Å²) in [6.45, 7) is 0.120. The number of aliphatic hydroxyl groups is 1. The van der Waals surface area contributed by atoms with Crippen molar-refractivity contribution in [1.82, 2.24) is 4.90 Å². The molecule has 0 aliphatic carbocycles. The van der Waals surface area contributed by atoms with Crippen LogP contribution in [0, 0.1) is 5.82 Å². The van der Waals surface area contributed by atoms with Gasteiger partial charge in [-0.1, -0.05) is 30.3 Å². The molecule has 0 radical (unpaired) electrons. The molecule has 2 aromatic rings. The molecule has 2 unspecified atom stereocenters. The van der Waals surface area contributed by atoms with E-state index in [-0.39, 0.29) is 37.1 Å². The van der Waals surface area contributed by atoms with Gasteiger partial charge in [-0.15, -0.1) is 13.2 Å². The van der Waals surface area contributed by atoms with Crippen molar-refractivity contribution in [2.24, 2.45) is 0 Å². The summed E-state index contributed by atoms with van der Waals surface area (Å²) in [6.07, 6.45) is -4.03. The Morgan fingerprint density at radius 1 is 1.10 bits per heavy atom. The van der Waals surface area contributed by atoms with E-state index in [2.05, 4.69) is 4.74 Å². The Balaban J connectivity index is 1.46. The van der Waals surface area contributed by atoms with Crippen molar-refractivity contribution in [2.75, 3.05) is 0 Å². The summed E-state index contributed by atoms with van der Waals surface area (Å²) in [5.74, 6) is -1.67. The molecule has 2 heterocycles. The second-order valence-corrected chi connectivity index (χ2v) is 7.96. The molecular formula is C22H21F4NO4. The minimum atomic E-state index is -4.94. The molecule has 1 N–H and O–H groups in total. The number of hydrogen-bond donors (Lipinski definition) is 1. The highest BCUT2D eigenvalue weighted by Crippen LogP contribution is 2.47. The van der Waals surface area contributed by atoms with Crippen LogP contribution >= 0.6 is 0 Å². The van der Waals surface area contributed by atoms with Crippen LogP contribution in [0.5, 0.6) is 5.75 Å². The summed E-state index contributed by atoms with van der Waals surface area (Å²) < 4.78 is 60.8. The summed E-state index contributed by atoms with van der Waals surface area (Å²) in [5, 5.41) is 11.2. The maximum Gasteiger partial charge on any atom is 0.573 e. The molecule has 0 aromatic heterocycles. The molecule has 9 heteroatoms.